The highest BCUT2D eigenvalue weighted by Crippen LogP contribution is 2.34. The van der Waals surface area contributed by atoms with Crippen LogP contribution in [0.2, 0.25) is 0 Å². The minimum absolute atomic E-state index is 0.0551. The van der Waals surface area contributed by atoms with Crippen LogP contribution in [0.1, 0.15) is 29.7 Å². The van der Waals surface area contributed by atoms with Crippen molar-refractivity contribution in [2.45, 2.75) is 37.3 Å². The van der Waals surface area contributed by atoms with E-state index >= 15 is 0 Å². The molecule has 3 aromatic rings. The summed E-state index contributed by atoms with van der Waals surface area (Å²) in [7, 11) is 3.01. The first-order valence-corrected chi connectivity index (χ1v) is 12.2. The van der Waals surface area contributed by atoms with E-state index in [1.807, 2.05) is 12.1 Å². The Balaban J connectivity index is 1.82. The van der Waals surface area contributed by atoms with Crippen molar-refractivity contribution in [1.29, 1.82) is 0 Å². The molecule has 0 aliphatic heterocycles. The lowest BCUT2D eigenvalue weighted by Gasteiger charge is -2.13. The number of fused-ring (bicyclic) bond motifs is 3. The van der Waals surface area contributed by atoms with Crippen LogP contribution in [0.3, 0.4) is 0 Å². The van der Waals surface area contributed by atoms with Gasteiger partial charge in [0, 0.05) is 18.0 Å². The maximum Gasteiger partial charge on any atom is 0.321 e. The summed E-state index contributed by atoms with van der Waals surface area (Å²) in [6, 6.07) is 6.63. The summed E-state index contributed by atoms with van der Waals surface area (Å²) >= 11 is 2.69. The van der Waals surface area contributed by atoms with Crippen LogP contribution in [-0.2, 0) is 17.6 Å². The van der Waals surface area contributed by atoms with Crippen molar-refractivity contribution in [1.82, 2.24) is 20.2 Å². The number of aromatic nitrogens is 2. The molecule has 0 unspecified atom stereocenters. The van der Waals surface area contributed by atoms with Crippen molar-refractivity contribution < 1.29 is 14.3 Å². The molecule has 2 aromatic heterocycles. The van der Waals surface area contributed by atoms with Gasteiger partial charge >= 0.3 is 6.03 Å². The lowest BCUT2D eigenvalue weighted by molar-refractivity contribution is -0.117. The molecule has 0 saturated carbocycles. The number of ether oxygens (including phenoxy) is 1. The number of thiophene rings is 1. The number of thioether (sulfide) groups is 1. The third-order valence-electron chi connectivity index (χ3n) is 5.33. The number of carbonyl (C=O) groups is 2. The molecule has 10 heteroatoms. The molecule has 2 N–H and O–H groups in total. The smallest absolute Gasteiger partial charge is 0.321 e. The van der Waals surface area contributed by atoms with E-state index in [0.717, 1.165) is 49.4 Å². The third kappa shape index (κ3) is 4.51. The van der Waals surface area contributed by atoms with Gasteiger partial charge in [0.2, 0.25) is 5.91 Å². The van der Waals surface area contributed by atoms with Crippen LogP contribution in [0, 0.1) is 0 Å². The van der Waals surface area contributed by atoms with E-state index in [1.165, 1.54) is 11.9 Å². The summed E-state index contributed by atoms with van der Waals surface area (Å²) in [5, 5.41) is 5.66. The standard InChI is InChI=1S/C22H24N4O4S2/c1-23-21(29)24-17(27)12-31-22-25-19-18(15-9-4-3-5-10-16(15)32-19)20(28)26(22)13-7-6-8-14(11-13)30-2/h6-8,11H,3-5,9-10,12H2,1-2H3,(H2,23,24,27,29). The fraction of sp³-hybridized carbons (Fsp3) is 0.364. The van der Waals surface area contributed by atoms with E-state index in [9.17, 15) is 14.4 Å². The topological polar surface area (TPSA) is 102 Å². The molecule has 168 valence electrons. The summed E-state index contributed by atoms with van der Waals surface area (Å²) < 4.78 is 6.88. The molecule has 1 aliphatic rings. The Bertz CT molecular complexity index is 1230. The Labute approximate surface area is 193 Å². The first kappa shape index (κ1) is 22.3. The maximum absolute atomic E-state index is 13.8. The zero-order chi connectivity index (χ0) is 22.7. The molecule has 1 aliphatic carbocycles. The number of aryl methyl sites for hydroxylation is 2. The van der Waals surface area contributed by atoms with Crippen LogP contribution >= 0.6 is 23.1 Å². The van der Waals surface area contributed by atoms with E-state index in [2.05, 4.69) is 10.6 Å². The average Bonchev–Trinajstić information content (AvgIpc) is 2.98. The van der Waals surface area contributed by atoms with Crippen molar-refractivity contribution in [3.8, 4) is 11.4 Å². The van der Waals surface area contributed by atoms with Crippen LogP contribution in [-0.4, -0.2) is 41.4 Å². The fourth-order valence-corrected chi connectivity index (χ4v) is 5.91. The number of benzene rings is 1. The zero-order valence-electron chi connectivity index (χ0n) is 17.9. The second-order valence-corrected chi connectivity index (χ2v) is 9.42. The quantitative estimate of drug-likeness (QED) is 0.336. The Morgan fingerprint density at radius 2 is 2.06 bits per heavy atom. The van der Waals surface area contributed by atoms with Crippen LogP contribution < -0.4 is 20.9 Å². The van der Waals surface area contributed by atoms with Gasteiger partial charge in [-0.05, 0) is 43.4 Å². The van der Waals surface area contributed by atoms with Crippen molar-refractivity contribution >= 4 is 45.3 Å². The lowest BCUT2D eigenvalue weighted by atomic mass is 10.1. The summed E-state index contributed by atoms with van der Waals surface area (Å²) in [5.41, 5.74) is 1.59. The number of hydrogen-bond donors (Lipinski definition) is 2. The van der Waals surface area contributed by atoms with Gasteiger partial charge in [-0.15, -0.1) is 11.3 Å². The molecule has 32 heavy (non-hydrogen) atoms. The van der Waals surface area contributed by atoms with Crippen molar-refractivity contribution in [3.63, 3.8) is 0 Å². The molecule has 8 nitrogen and oxygen atoms in total. The van der Waals surface area contributed by atoms with Gasteiger partial charge in [-0.25, -0.2) is 9.78 Å². The van der Waals surface area contributed by atoms with Crippen LogP contribution in [0.5, 0.6) is 5.75 Å². The summed E-state index contributed by atoms with van der Waals surface area (Å²) in [6.45, 7) is 0. The number of imide groups is 1. The summed E-state index contributed by atoms with van der Waals surface area (Å²) in [5.74, 6) is 0.0928. The second-order valence-electron chi connectivity index (χ2n) is 7.40. The molecule has 0 bridgehead atoms. The molecule has 0 spiro atoms. The van der Waals surface area contributed by atoms with Crippen molar-refractivity contribution in [2.75, 3.05) is 19.9 Å². The van der Waals surface area contributed by atoms with E-state index in [4.69, 9.17) is 9.72 Å². The molecular weight excluding hydrogens is 448 g/mol. The number of urea groups is 1. The summed E-state index contributed by atoms with van der Waals surface area (Å²) in [4.78, 5) is 44.1. The van der Waals surface area contributed by atoms with Gasteiger partial charge in [-0.3, -0.25) is 19.5 Å². The molecule has 1 aromatic carbocycles. The predicted molar refractivity (Wildman–Crippen MR) is 126 cm³/mol. The predicted octanol–water partition coefficient (Wildman–Crippen LogP) is 3.27. The lowest BCUT2D eigenvalue weighted by Crippen LogP contribution is -2.38. The molecule has 0 radical (unpaired) electrons. The Morgan fingerprint density at radius 1 is 1.25 bits per heavy atom. The highest BCUT2D eigenvalue weighted by Gasteiger charge is 2.23. The van der Waals surface area contributed by atoms with E-state index in [0.29, 0.717) is 26.8 Å². The number of rotatable bonds is 5. The minimum atomic E-state index is -0.578. The van der Waals surface area contributed by atoms with Gasteiger partial charge in [0.15, 0.2) is 5.16 Å². The van der Waals surface area contributed by atoms with Crippen molar-refractivity contribution in [3.05, 3.63) is 45.1 Å². The maximum atomic E-state index is 13.8. The second kappa shape index (κ2) is 9.74. The van der Waals surface area contributed by atoms with Gasteiger partial charge in [0.1, 0.15) is 10.6 Å². The minimum Gasteiger partial charge on any atom is -0.497 e. The Kier molecular flexibility index (Phi) is 6.80. The molecule has 0 saturated heterocycles. The first-order valence-electron chi connectivity index (χ1n) is 10.4. The number of carbonyl (C=O) groups excluding carboxylic acids is 2. The normalized spacial score (nSPS) is 13.3. The van der Waals surface area contributed by atoms with E-state index in [1.54, 1.807) is 35.1 Å². The van der Waals surface area contributed by atoms with E-state index < -0.39 is 11.9 Å². The highest BCUT2D eigenvalue weighted by molar-refractivity contribution is 7.99. The van der Waals surface area contributed by atoms with Gasteiger partial charge in [-0.2, -0.15) is 0 Å². The third-order valence-corrected chi connectivity index (χ3v) is 7.46. The molecular formula is C22H24N4O4S2. The fourth-order valence-electron chi connectivity index (χ4n) is 3.79. The Hall–Kier alpha value is -2.85. The SMILES string of the molecule is CNC(=O)NC(=O)CSc1nc2sc3c(c2c(=O)n1-c1cccc(OC)c1)CCCCC3. The number of methoxy groups -OCH3 is 1. The first-order chi connectivity index (χ1) is 15.5. The van der Waals surface area contributed by atoms with Gasteiger partial charge < -0.3 is 10.1 Å². The number of nitrogens with zero attached hydrogens (tertiary/aromatic N) is 2. The Morgan fingerprint density at radius 3 is 2.84 bits per heavy atom. The zero-order valence-corrected chi connectivity index (χ0v) is 19.5. The van der Waals surface area contributed by atoms with Gasteiger partial charge in [0.25, 0.3) is 5.56 Å². The van der Waals surface area contributed by atoms with Crippen LogP contribution in [0.4, 0.5) is 4.79 Å². The molecule has 3 amide bonds. The van der Waals surface area contributed by atoms with Gasteiger partial charge in [0.05, 0.1) is 23.9 Å². The summed E-state index contributed by atoms with van der Waals surface area (Å²) in [6.07, 6.45) is 5.19. The average molecular weight is 473 g/mol. The highest BCUT2D eigenvalue weighted by atomic mass is 32.2. The molecule has 4 rings (SSSR count). The molecule has 2 heterocycles. The van der Waals surface area contributed by atoms with Crippen LogP contribution in [0.25, 0.3) is 15.9 Å². The monoisotopic (exact) mass is 472 g/mol. The largest absolute Gasteiger partial charge is 0.497 e. The molecule has 0 fully saturated rings. The van der Waals surface area contributed by atoms with Crippen molar-refractivity contribution in [2.24, 2.45) is 0 Å². The van der Waals surface area contributed by atoms with Crippen LogP contribution in [0.15, 0.2) is 34.2 Å². The van der Waals surface area contributed by atoms with E-state index in [-0.39, 0.29) is 11.3 Å². The number of amides is 3. The van der Waals surface area contributed by atoms with Gasteiger partial charge in [-0.1, -0.05) is 24.2 Å². The number of hydrogen-bond acceptors (Lipinski definition) is 7. The number of nitrogens with one attached hydrogen (secondary N) is 2. The molecule has 0 atom stereocenters.